The number of para-hydroxylation sites is 1. The summed E-state index contributed by atoms with van der Waals surface area (Å²) in [5.74, 6) is -0.890. The van der Waals surface area contributed by atoms with Crippen molar-refractivity contribution in [2.24, 2.45) is 5.92 Å². The molecule has 0 radical (unpaired) electrons. The Balaban J connectivity index is 1.93. The van der Waals surface area contributed by atoms with E-state index in [4.69, 9.17) is 0 Å². The number of hydrogen-bond acceptors (Lipinski definition) is 2. The predicted molar refractivity (Wildman–Crippen MR) is 86.3 cm³/mol. The Kier molecular flexibility index (Phi) is 3.88. The summed E-state index contributed by atoms with van der Waals surface area (Å²) >= 11 is 0. The van der Waals surface area contributed by atoms with E-state index in [0.29, 0.717) is 12.0 Å². The van der Waals surface area contributed by atoms with Crippen molar-refractivity contribution in [3.05, 3.63) is 78.0 Å². The molecule has 1 aliphatic rings. The normalized spacial score (nSPS) is 18.3. The maximum Gasteiger partial charge on any atom is 0.242 e. The van der Waals surface area contributed by atoms with E-state index in [1.54, 1.807) is 18.0 Å². The molecule has 0 aromatic heterocycles. The lowest BCUT2D eigenvalue weighted by molar-refractivity contribution is -0.130. The zero-order chi connectivity index (χ0) is 15.5. The van der Waals surface area contributed by atoms with Gasteiger partial charge in [-0.15, -0.1) is 0 Å². The lowest BCUT2D eigenvalue weighted by Crippen LogP contribution is -2.42. The number of rotatable bonds is 3. The number of ketones is 1. The topological polar surface area (TPSA) is 37.4 Å². The Labute approximate surface area is 129 Å². The van der Waals surface area contributed by atoms with Gasteiger partial charge in [-0.2, -0.15) is 0 Å². The van der Waals surface area contributed by atoms with Crippen molar-refractivity contribution in [3.8, 4) is 0 Å². The summed E-state index contributed by atoms with van der Waals surface area (Å²) in [5.41, 5.74) is 2.40. The third kappa shape index (κ3) is 2.70. The van der Waals surface area contributed by atoms with Crippen LogP contribution in [0.2, 0.25) is 0 Å². The third-order valence-electron chi connectivity index (χ3n) is 3.88. The highest BCUT2D eigenvalue weighted by atomic mass is 16.2. The zero-order valence-corrected chi connectivity index (χ0v) is 12.4. The molecule has 1 amide bonds. The van der Waals surface area contributed by atoms with Crippen molar-refractivity contribution in [1.82, 2.24) is 0 Å². The molecule has 0 bridgehead atoms. The molecule has 22 heavy (non-hydrogen) atoms. The van der Waals surface area contributed by atoms with Crippen LogP contribution in [0.3, 0.4) is 0 Å². The number of amides is 1. The molecule has 0 N–H and O–H groups in total. The van der Waals surface area contributed by atoms with Crippen LogP contribution in [0.4, 0.5) is 5.69 Å². The Morgan fingerprint density at radius 1 is 0.909 bits per heavy atom. The molecular weight excluding hydrogens is 274 g/mol. The highest BCUT2D eigenvalue weighted by Gasteiger charge is 2.35. The van der Waals surface area contributed by atoms with Gasteiger partial charge < -0.3 is 0 Å². The largest absolute Gasteiger partial charge is 0.294 e. The van der Waals surface area contributed by atoms with E-state index in [1.807, 2.05) is 60.7 Å². The summed E-state index contributed by atoms with van der Waals surface area (Å²) in [5, 5.41) is 0. The van der Waals surface area contributed by atoms with E-state index in [0.717, 1.165) is 11.3 Å². The number of allylic oxidation sites excluding steroid dienone is 1. The van der Waals surface area contributed by atoms with E-state index in [1.165, 1.54) is 0 Å². The molecule has 0 saturated carbocycles. The summed E-state index contributed by atoms with van der Waals surface area (Å²) < 4.78 is 0. The van der Waals surface area contributed by atoms with Crippen LogP contribution in [-0.4, -0.2) is 11.7 Å². The van der Waals surface area contributed by atoms with E-state index in [9.17, 15) is 9.59 Å². The quantitative estimate of drug-likeness (QED) is 0.813. The van der Waals surface area contributed by atoms with Crippen molar-refractivity contribution >= 4 is 17.4 Å². The van der Waals surface area contributed by atoms with Gasteiger partial charge in [0.05, 0.1) is 0 Å². The van der Waals surface area contributed by atoms with Gasteiger partial charge in [-0.3, -0.25) is 14.5 Å². The molecule has 0 saturated heterocycles. The van der Waals surface area contributed by atoms with E-state index in [-0.39, 0.29) is 11.7 Å². The van der Waals surface area contributed by atoms with Crippen molar-refractivity contribution < 1.29 is 9.59 Å². The van der Waals surface area contributed by atoms with Crippen LogP contribution >= 0.6 is 0 Å². The lowest BCUT2D eigenvalue weighted by atomic mass is 9.88. The van der Waals surface area contributed by atoms with E-state index < -0.39 is 5.92 Å². The first kappa shape index (κ1) is 14.3. The molecule has 3 heteroatoms. The van der Waals surface area contributed by atoms with Gasteiger partial charge in [0.1, 0.15) is 5.92 Å². The third-order valence-corrected chi connectivity index (χ3v) is 3.88. The SMILES string of the molecule is CC1=CN(c2ccccc2)C(=O)C(Cc2ccccc2)C1=O. The van der Waals surface area contributed by atoms with E-state index >= 15 is 0 Å². The minimum atomic E-state index is -0.646. The van der Waals surface area contributed by atoms with Crippen molar-refractivity contribution in [3.63, 3.8) is 0 Å². The number of benzene rings is 2. The first-order chi connectivity index (χ1) is 10.7. The molecule has 0 aliphatic carbocycles. The van der Waals surface area contributed by atoms with Gasteiger partial charge in [0, 0.05) is 17.5 Å². The molecule has 0 spiro atoms. The smallest absolute Gasteiger partial charge is 0.242 e. The van der Waals surface area contributed by atoms with Gasteiger partial charge in [-0.05, 0) is 31.0 Å². The summed E-state index contributed by atoms with van der Waals surface area (Å²) in [6.45, 7) is 1.77. The van der Waals surface area contributed by atoms with Crippen molar-refractivity contribution in [2.75, 3.05) is 4.90 Å². The van der Waals surface area contributed by atoms with Gasteiger partial charge in [0.25, 0.3) is 0 Å². The molecule has 3 nitrogen and oxygen atoms in total. The van der Waals surface area contributed by atoms with Gasteiger partial charge in [0.2, 0.25) is 5.91 Å². The van der Waals surface area contributed by atoms with Crippen LogP contribution in [0.5, 0.6) is 0 Å². The van der Waals surface area contributed by atoms with Crippen LogP contribution in [0.1, 0.15) is 12.5 Å². The standard InChI is InChI=1S/C19H17NO2/c1-14-13-20(16-10-6-3-7-11-16)19(22)17(18(14)21)12-15-8-4-2-5-9-15/h2-11,13,17H,12H2,1H3. The van der Waals surface area contributed by atoms with Crippen LogP contribution in [0, 0.1) is 5.92 Å². The van der Waals surface area contributed by atoms with Gasteiger partial charge >= 0.3 is 0 Å². The number of carbonyl (C=O) groups excluding carboxylic acids is 2. The fourth-order valence-corrected chi connectivity index (χ4v) is 2.70. The first-order valence-corrected chi connectivity index (χ1v) is 7.31. The highest BCUT2D eigenvalue weighted by Crippen LogP contribution is 2.26. The fourth-order valence-electron chi connectivity index (χ4n) is 2.70. The molecular formula is C19H17NO2. The molecule has 0 fully saturated rings. The maximum atomic E-state index is 12.7. The minimum absolute atomic E-state index is 0.0824. The van der Waals surface area contributed by atoms with Gasteiger partial charge in [-0.1, -0.05) is 48.5 Å². The Morgan fingerprint density at radius 3 is 2.14 bits per heavy atom. The number of anilines is 1. The Bertz CT molecular complexity index is 720. The van der Waals surface area contributed by atoms with Crippen LogP contribution in [0.25, 0.3) is 0 Å². The zero-order valence-electron chi connectivity index (χ0n) is 12.4. The summed E-state index contributed by atoms with van der Waals surface area (Å²) in [4.78, 5) is 26.7. The molecule has 2 aromatic rings. The minimum Gasteiger partial charge on any atom is -0.294 e. The first-order valence-electron chi connectivity index (χ1n) is 7.31. The molecule has 110 valence electrons. The molecule has 2 aromatic carbocycles. The number of Topliss-reactive ketones (excluding diaryl/α,β-unsaturated/α-hetero) is 1. The second-order valence-electron chi connectivity index (χ2n) is 5.46. The molecule has 3 rings (SSSR count). The van der Waals surface area contributed by atoms with Crippen molar-refractivity contribution in [2.45, 2.75) is 13.3 Å². The lowest BCUT2D eigenvalue weighted by Gasteiger charge is -2.29. The molecule has 1 aliphatic heterocycles. The van der Waals surface area contributed by atoms with Gasteiger partial charge in [-0.25, -0.2) is 0 Å². The Morgan fingerprint density at radius 2 is 1.50 bits per heavy atom. The molecule has 1 heterocycles. The van der Waals surface area contributed by atoms with Crippen LogP contribution < -0.4 is 4.90 Å². The number of hydrogen-bond donors (Lipinski definition) is 0. The van der Waals surface area contributed by atoms with Crippen LogP contribution in [0.15, 0.2) is 72.4 Å². The van der Waals surface area contributed by atoms with E-state index in [2.05, 4.69) is 0 Å². The second-order valence-corrected chi connectivity index (χ2v) is 5.46. The highest BCUT2D eigenvalue weighted by molar-refractivity contribution is 6.18. The number of carbonyl (C=O) groups is 2. The Hall–Kier alpha value is -2.68. The molecule has 1 unspecified atom stereocenters. The fraction of sp³-hybridized carbons (Fsp3) is 0.158. The van der Waals surface area contributed by atoms with Crippen molar-refractivity contribution in [1.29, 1.82) is 0 Å². The summed E-state index contributed by atoms with van der Waals surface area (Å²) in [6.07, 6.45) is 2.08. The average molecular weight is 291 g/mol. The summed E-state index contributed by atoms with van der Waals surface area (Å²) in [7, 11) is 0. The van der Waals surface area contributed by atoms with Crippen LogP contribution in [-0.2, 0) is 16.0 Å². The van der Waals surface area contributed by atoms with Gasteiger partial charge in [0.15, 0.2) is 5.78 Å². The monoisotopic (exact) mass is 291 g/mol. The average Bonchev–Trinajstić information content (AvgIpc) is 2.57. The second kappa shape index (κ2) is 5.98. The maximum absolute atomic E-state index is 12.7. The number of nitrogens with zero attached hydrogens (tertiary/aromatic N) is 1. The predicted octanol–water partition coefficient (Wildman–Crippen LogP) is 3.37. The summed E-state index contributed by atoms with van der Waals surface area (Å²) in [6, 6.07) is 19.1. The molecule has 1 atom stereocenters.